The number of nitrogens with zero attached hydrogens (tertiary/aromatic N) is 3. The first kappa shape index (κ1) is 14.7. The highest BCUT2D eigenvalue weighted by atomic mass is 16.2. The van der Waals surface area contributed by atoms with E-state index in [0.717, 1.165) is 12.8 Å². The minimum absolute atomic E-state index is 0.120. The van der Waals surface area contributed by atoms with Crippen molar-refractivity contribution in [1.82, 2.24) is 19.8 Å². The Morgan fingerprint density at radius 3 is 2.50 bits per heavy atom. The molecule has 102 valence electrons. The van der Waals surface area contributed by atoms with Gasteiger partial charge in [-0.05, 0) is 20.0 Å². The van der Waals surface area contributed by atoms with Crippen molar-refractivity contribution < 1.29 is 4.79 Å². The Balaban J connectivity index is 2.55. The number of carbonyl (C=O) groups is 1. The van der Waals surface area contributed by atoms with Crippen LogP contribution in [0.25, 0.3) is 0 Å². The van der Waals surface area contributed by atoms with Crippen LogP contribution in [0.5, 0.6) is 0 Å². The van der Waals surface area contributed by atoms with Crippen molar-refractivity contribution >= 4 is 6.03 Å². The summed E-state index contributed by atoms with van der Waals surface area (Å²) >= 11 is 0. The van der Waals surface area contributed by atoms with Gasteiger partial charge in [-0.2, -0.15) is 0 Å². The highest BCUT2D eigenvalue weighted by Crippen LogP contribution is 2.16. The van der Waals surface area contributed by atoms with Crippen LogP contribution in [-0.2, 0) is 0 Å². The number of rotatable bonds is 6. The van der Waals surface area contributed by atoms with E-state index in [1.807, 2.05) is 0 Å². The molecule has 0 aliphatic heterocycles. The van der Waals surface area contributed by atoms with Crippen LogP contribution < -0.4 is 5.32 Å². The molecule has 0 aliphatic rings. The van der Waals surface area contributed by atoms with E-state index in [4.69, 9.17) is 0 Å². The third-order valence-electron chi connectivity index (χ3n) is 3.46. The average Bonchev–Trinajstić information content (AvgIpc) is 2.87. The zero-order chi connectivity index (χ0) is 13.5. The third kappa shape index (κ3) is 3.84. The molecule has 5 heteroatoms. The van der Waals surface area contributed by atoms with Crippen molar-refractivity contribution in [3.63, 3.8) is 0 Å². The van der Waals surface area contributed by atoms with Gasteiger partial charge in [0.05, 0.1) is 0 Å². The van der Waals surface area contributed by atoms with Crippen LogP contribution >= 0.6 is 0 Å². The van der Waals surface area contributed by atoms with Crippen LogP contribution in [0, 0.1) is 5.92 Å². The molecule has 1 unspecified atom stereocenters. The summed E-state index contributed by atoms with van der Waals surface area (Å²) in [6.45, 7) is 5.06. The summed E-state index contributed by atoms with van der Waals surface area (Å²) < 4.78 is 1.46. The van der Waals surface area contributed by atoms with Crippen LogP contribution in [0.2, 0.25) is 0 Å². The zero-order valence-corrected chi connectivity index (χ0v) is 11.8. The lowest BCUT2D eigenvalue weighted by Crippen LogP contribution is -2.45. The van der Waals surface area contributed by atoms with Gasteiger partial charge in [-0.3, -0.25) is 4.57 Å². The first-order valence-corrected chi connectivity index (χ1v) is 6.52. The van der Waals surface area contributed by atoms with Gasteiger partial charge in [0.1, 0.15) is 6.33 Å². The van der Waals surface area contributed by atoms with E-state index < -0.39 is 0 Å². The van der Waals surface area contributed by atoms with E-state index in [1.165, 1.54) is 10.9 Å². The van der Waals surface area contributed by atoms with E-state index in [0.29, 0.717) is 18.5 Å². The predicted octanol–water partition coefficient (Wildman–Crippen LogP) is 1.81. The number of amides is 1. The second kappa shape index (κ2) is 7.16. The van der Waals surface area contributed by atoms with Crippen LogP contribution in [0.4, 0.5) is 4.79 Å². The fourth-order valence-corrected chi connectivity index (χ4v) is 2.27. The number of imidazole rings is 1. The molecule has 0 fully saturated rings. The maximum Gasteiger partial charge on any atom is 0.326 e. The Bertz CT molecular complexity index is 344. The van der Waals surface area contributed by atoms with Crippen LogP contribution in [0.1, 0.15) is 26.7 Å². The van der Waals surface area contributed by atoms with Gasteiger partial charge in [-0.1, -0.05) is 26.7 Å². The minimum Gasteiger partial charge on any atom is -0.336 e. The second-order valence-corrected chi connectivity index (χ2v) is 4.76. The normalized spacial score (nSPS) is 13.0. The lowest BCUT2D eigenvalue weighted by atomic mass is 9.93. The summed E-state index contributed by atoms with van der Waals surface area (Å²) in [6.07, 6.45) is 7.01. The van der Waals surface area contributed by atoms with Crippen LogP contribution in [0.15, 0.2) is 18.7 Å². The van der Waals surface area contributed by atoms with Crippen molar-refractivity contribution in [3.05, 3.63) is 18.7 Å². The number of hydrogen-bond acceptors (Lipinski definition) is 3. The molecule has 18 heavy (non-hydrogen) atoms. The Hall–Kier alpha value is -1.36. The minimum atomic E-state index is -0.120. The maximum absolute atomic E-state index is 11.8. The molecule has 1 amide bonds. The molecule has 0 aliphatic carbocycles. The van der Waals surface area contributed by atoms with E-state index in [1.54, 1.807) is 12.4 Å². The summed E-state index contributed by atoms with van der Waals surface area (Å²) in [5.41, 5.74) is 0. The van der Waals surface area contributed by atoms with Gasteiger partial charge in [0, 0.05) is 25.0 Å². The molecule has 1 rings (SSSR count). The summed E-state index contributed by atoms with van der Waals surface area (Å²) in [6, 6.07) is 0.248. The topological polar surface area (TPSA) is 50.2 Å². The number of nitrogens with one attached hydrogen (secondary N) is 1. The Labute approximate surface area is 109 Å². The molecule has 0 aromatic carbocycles. The first-order valence-electron chi connectivity index (χ1n) is 6.52. The van der Waals surface area contributed by atoms with Crippen LogP contribution in [-0.4, -0.2) is 47.2 Å². The smallest absolute Gasteiger partial charge is 0.326 e. The standard InChI is InChI=1S/C13H24N4O/c1-5-11(6-2)12(16(3)4)9-15-13(18)17-8-7-14-10-17/h7-8,10-12H,5-6,9H2,1-4H3,(H,15,18). The molecule has 1 N–H and O–H groups in total. The molecule has 1 atom stereocenters. The summed E-state index contributed by atoms with van der Waals surface area (Å²) in [7, 11) is 4.12. The Kier molecular flexibility index (Phi) is 5.85. The highest BCUT2D eigenvalue weighted by Gasteiger charge is 2.21. The zero-order valence-electron chi connectivity index (χ0n) is 11.8. The summed E-state index contributed by atoms with van der Waals surface area (Å²) in [4.78, 5) is 17.9. The van der Waals surface area contributed by atoms with Crippen molar-refractivity contribution in [2.24, 2.45) is 5.92 Å². The molecule has 0 saturated heterocycles. The Morgan fingerprint density at radius 2 is 2.06 bits per heavy atom. The monoisotopic (exact) mass is 252 g/mol. The number of carbonyl (C=O) groups excluding carboxylic acids is 1. The molecule has 0 bridgehead atoms. The SMILES string of the molecule is CCC(CC)C(CNC(=O)n1ccnc1)N(C)C. The first-order chi connectivity index (χ1) is 8.60. The molecule has 0 spiro atoms. The van der Waals surface area contributed by atoms with Crippen molar-refractivity contribution in [2.45, 2.75) is 32.7 Å². The van der Waals surface area contributed by atoms with E-state index in [-0.39, 0.29) is 6.03 Å². The average molecular weight is 252 g/mol. The third-order valence-corrected chi connectivity index (χ3v) is 3.46. The summed E-state index contributed by atoms with van der Waals surface area (Å²) in [5, 5.41) is 2.96. The lowest BCUT2D eigenvalue weighted by molar-refractivity contribution is 0.191. The molecule has 1 aromatic rings. The number of hydrogen-bond donors (Lipinski definition) is 1. The molecule has 1 aromatic heterocycles. The van der Waals surface area contributed by atoms with Gasteiger partial charge in [0.25, 0.3) is 0 Å². The fourth-order valence-electron chi connectivity index (χ4n) is 2.27. The lowest BCUT2D eigenvalue weighted by Gasteiger charge is -2.31. The van der Waals surface area contributed by atoms with E-state index >= 15 is 0 Å². The van der Waals surface area contributed by atoms with Crippen molar-refractivity contribution in [1.29, 1.82) is 0 Å². The van der Waals surface area contributed by atoms with Gasteiger partial charge in [-0.25, -0.2) is 9.78 Å². The fraction of sp³-hybridized carbons (Fsp3) is 0.692. The molecular formula is C13H24N4O. The van der Waals surface area contributed by atoms with E-state index in [2.05, 4.69) is 43.1 Å². The van der Waals surface area contributed by atoms with Gasteiger partial charge in [-0.15, -0.1) is 0 Å². The van der Waals surface area contributed by atoms with Gasteiger partial charge in [0.15, 0.2) is 0 Å². The van der Waals surface area contributed by atoms with Gasteiger partial charge in [0.2, 0.25) is 0 Å². The number of aromatic nitrogens is 2. The van der Waals surface area contributed by atoms with Crippen molar-refractivity contribution in [2.75, 3.05) is 20.6 Å². The van der Waals surface area contributed by atoms with Crippen LogP contribution in [0.3, 0.4) is 0 Å². The second-order valence-electron chi connectivity index (χ2n) is 4.76. The molecule has 5 nitrogen and oxygen atoms in total. The maximum atomic E-state index is 11.8. The quantitative estimate of drug-likeness (QED) is 0.840. The molecule has 0 radical (unpaired) electrons. The predicted molar refractivity (Wildman–Crippen MR) is 72.6 cm³/mol. The molecule has 1 heterocycles. The Morgan fingerprint density at radius 1 is 1.39 bits per heavy atom. The molecular weight excluding hydrogens is 228 g/mol. The van der Waals surface area contributed by atoms with Gasteiger partial charge >= 0.3 is 6.03 Å². The van der Waals surface area contributed by atoms with Crippen molar-refractivity contribution in [3.8, 4) is 0 Å². The summed E-state index contributed by atoms with van der Waals surface area (Å²) in [5.74, 6) is 0.600. The highest BCUT2D eigenvalue weighted by molar-refractivity contribution is 5.76. The van der Waals surface area contributed by atoms with E-state index in [9.17, 15) is 4.79 Å². The molecule has 0 saturated carbocycles. The largest absolute Gasteiger partial charge is 0.336 e. The van der Waals surface area contributed by atoms with Gasteiger partial charge < -0.3 is 10.2 Å². The number of likely N-dealkylation sites (N-methyl/N-ethyl adjacent to an activating group) is 1.